The van der Waals surface area contributed by atoms with Gasteiger partial charge < -0.3 is 10.6 Å². The fraction of sp³-hybridized carbons (Fsp3) is 0.583. The molecule has 1 aliphatic carbocycles. The molecule has 2 heterocycles. The van der Waals surface area contributed by atoms with Gasteiger partial charge in [0, 0.05) is 5.54 Å². The topological polar surface area (TPSA) is 59.0 Å². The number of nitrogens with zero attached hydrogens (tertiary/aromatic N) is 2. The third-order valence-electron chi connectivity index (χ3n) is 7.09. The lowest BCUT2D eigenvalue weighted by molar-refractivity contribution is 0.0848. The third-order valence-corrected chi connectivity index (χ3v) is 7.09. The molecular formula is C24H34N4O. The van der Waals surface area contributed by atoms with Gasteiger partial charge in [-0.25, -0.2) is 4.68 Å². The van der Waals surface area contributed by atoms with Crippen LogP contribution in [-0.4, -0.2) is 21.2 Å². The van der Waals surface area contributed by atoms with Gasteiger partial charge in [-0.2, -0.15) is 5.10 Å². The Balaban J connectivity index is 1.61. The second kappa shape index (κ2) is 7.51. The number of rotatable bonds is 4. The number of carbonyl (C=O) groups is 1. The molecule has 1 aromatic carbocycles. The fourth-order valence-electron chi connectivity index (χ4n) is 4.99. The van der Waals surface area contributed by atoms with Crippen LogP contribution < -0.4 is 10.6 Å². The summed E-state index contributed by atoms with van der Waals surface area (Å²) in [6, 6.07) is 10.6. The van der Waals surface area contributed by atoms with Gasteiger partial charge in [0.25, 0.3) is 5.91 Å². The Kier molecular flexibility index (Phi) is 5.18. The van der Waals surface area contributed by atoms with Crippen LogP contribution in [-0.2, 0) is 5.54 Å². The molecule has 1 unspecified atom stereocenters. The van der Waals surface area contributed by atoms with Crippen LogP contribution >= 0.6 is 0 Å². The van der Waals surface area contributed by atoms with E-state index >= 15 is 0 Å². The summed E-state index contributed by atoms with van der Waals surface area (Å²) in [7, 11) is 0. The highest BCUT2D eigenvalue weighted by Gasteiger charge is 2.39. The molecule has 5 nitrogen and oxygen atoms in total. The number of amides is 1. The number of nitrogens with one attached hydrogen (secondary N) is 2. The molecule has 1 atom stereocenters. The molecule has 4 rings (SSSR count). The Morgan fingerprint density at radius 3 is 2.59 bits per heavy atom. The summed E-state index contributed by atoms with van der Waals surface area (Å²) in [4.78, 5) is 13.3. The summed E-state index contributed by atoms with van der Waals surface area (Å²) in [5.74, 6) is 1.59. The summed E-state index contributed by atoms with van der Waals surface area (Å²) in [5, 5.41) is 11.6. The molecule has 1 fully saturated rings. The SMILES string of the molecule is CCC1(NC(=O)c2cnn3c2NC(c2ccccc2)CC3(C)C)CCC(C)CC1. The average molecular weight is 395 g/mol. The second-order valence-electron chi connectivity index (χ2n) is 9.71. The van der Waals surface area contributed by atoms with Crippen LogP contribution in [0.3, 0.4) is 0 Å². The first kappa shape index (κ1) is 20.0. The predicted octanol–water partition coefficient (Wildman–Crippen LogP) is 5.26. The van der Waals surface area contributed by atoms with Crippen molar-refractivity contribution in [1.29, 1.82) is 0 Å². The van der Waals surface area contributed by atoms with Crippen LogP contribution in [0.2, 0.25) is 0 Å². The van der Waals surface area contributed by atoms with Crippen molar-refractivity contribution in [2.75, 3.05) is 5.32 Å². The lowest BCUT2D eigenvalue weighted by atomic mass is 9.75. The molecule has 1 saturated carbocycles. The van der Waals surface area contributed by atoms with Crippen molar-refractivity contribution >= 4 is 11.7 Å². The number of anilines is 1. The molecule has 1 amide bonds. The molecule has 29 heavy (non-hydrogen) atoms. The van der Waals surface area contributed by atoms with E-state index in [-0.39, 0.29) is 23.0 Å². The smallest absolute Gasteiger partial charge is 0.257 e. The van der Waals surface area contributed by atoms with E-state index in [1.54, 1.807) is 6.20 Å². The Labute approximate surface area is 174 Å². The molecule has 0 saturated heterocycles. The van der Waals surface area contributed by atoms with Gasteiger partial charge in [-0.3, -0.25) is 4.79 Å². The van der Waals surface area contributed by atoms with E-state index < -0.39 is 0 Å². The maximum absolute atomic E-state index is 13.3. The maximum Gasteiger partial charge on any atom is 0.257 e. The van der Waals surface area contributed by atoms with E-state index in [4.69, 9.17) is 0 Å². The van der Waals surface area contributed by atoms with Crippen LogP contribution in [0.1, 0.15) is 88.2 Å². The monoisotopic (exact) mass is 394 g/mol. The molecule has 1 aromatic heterocycles. The number of fused-ring (bicyclic) bond motifs is 1. The van der Waals surface area contributed by atoms with Crippen molar-refractivity contribution in [3.63, 3.8) is 0 Å². The lowest BCUT2D eigenvalue weighted by Gasteiger charge is -2.40. The number of hydrogen-bond acceptors (Lipinski definition) is 3. The first-order valence-electron chi connectivity index (χ1n) is 11.1. The Bertz CT molecular complexity index is 862. The molecule has 2 aliphatic rings. The van der Waals surface area contributed by atoms with Gasteiger partial charge in [-0.15, -0.1) is 0 Å². The molecule has 0 spiro atoms. The van der Waals surface area contributed by atoms with Gasteiger partial charge in [-0.1, -0.05) is 44.2 Å². The predicted molar refractivity (Wildman–Crippen MR) is 117 cm³/mol. The van der Waals surface area contributed by atoms with Gasteiger partial charge in [0.2, 0.25) is 0 Å². The quantitative estimate of drug-likeness (QED) is 0.743. The fourth-order valence-corrected chi connectivity index (χ4v) is 4.99. The summed E-state index contributed by atoms with van der Waals surface area (Å²) in [5.41, 5.74) is 1.65. The van der Waals surface area contributed by atoms with Gasteiger partial charge in [0.15, 0.2) is 0 Å². The first-order valence-corrected chi connectivity index (χ1v) is 11.1. The van der Waals surface area contributed by atoms with Gasteiger partial charge in [-0.05, 0) is 63.9 Å². The molecular weight excluding hydrogens is 360 g/mol. The minimum atomic E-state index is -0.164. The van der Waals surface area contributed by atoms with Crippen molar-refractivity contribution in [2.45, 2.75) is 83.3 Å². The molecule has 0 bridgehead atoms. The molecule has 2 N–H and O–H groups in total. The lowest BCUT2D eigenvalue weighted by Crippen LogP contribution is -2.50. The minimum Gasteiger partial charge on any atom is -0.363 e. The Hall–Kier alpha value is -2.30. The molecule has 0 radical (unpaired) electrons. The standard InChI is InChI=1S/C24H34N4O/c1-5-24(13-11-17(2)12-14-24)27-22(29)19-16-25-28-21(19)26-20(15-23(28,3)4)18-9-7-6-8-10-18/h6-10,16-17,20,26H,5,11-15H2,1-4H3,(H,27,29). The number of carbonyl (C=O) groups excluding carboxylic acids is 1. The highest BCUT2D eigenvalue weighted by atomic mass is 16.1. The van der Waals surface area contributed by atoms with E-state index in [0.29, 0.717) is 5.56 Å². The largest absolute Gasteiger partial charge is 0.363 e. The zero-order chi connectivity index (χ0) is 20.6. The van der Waals surface area contributed by atoms with E-state index in [9.17, 15) is 4.79 Å². The van der Waals surface area contributed by atoms with Crippen LogP contribution in [0.15, 0.2) is 36.5 Å². The number of hydrogen-bond donors (Lipinski definition) is 2. The van der Waals surface area contributed by atoms with E-state index in [2.05, 4.69) is 67.7 Å². The van der Waals surface area contributed by atoms with Crippen molar-refractivity contribution in [2.24, 2.45) is 5.92 Å². The summed E-state index contributed by atoms with van der Waals surface area (Å²) in [6.07, 6.45) is 8.12. The van der Waals surface area contributed by atoms with Crippen molar-refractivity contribution in [3.8, 4) is 0 Å². The van der Waals surface area contributed by atoms with Gasteiger partial charge in [0.1, 0.15) is 11.4 Å². The summed E-state index contributed by atoms with van der Waals surface area (Å²) < 4.78 is 1.99. The van der Waals surface area contributed by atoms with Gasteiger partial charge >= 0.3 is 0 Å². The van der Waals surface area contributed by atoms with Crippen LogP contribution in [0.25, 0.3) is 0 Å². The summed E-state index contributed by atoms with van der Waals surface area (Å²) in [6.45, 7) is 8.89. The van der Waals surface area contributed by atoms with Crippen LogP contribution in [0.5, 0.6) is 0 Å². The number of benzene rings is 1. The zero-order valence-corrected chi connectivity index (χ0v) is 18.2. The first-order chi connectivity index (χ1) is 13.8. The number of aromatic nitrogens is 2. The molecule has 1 aliphatic heterocycles. The maximum atomic E-state index is 13.3. The summed E-state index contributed by atoms with van der Waals surface area (Å²) >= 11 is 0. The molecule has 5 heteroatoms. The Morgan fingerprint density at radius 1 is 1.24 bits per heavy atom. The van der Waals surface area contributed by atoms with Crippen molar-refractivity contribution in [3.05, 3.63) is 47.7 Å². The molecule has 156 valence electrons. The zero-order valence-electron chi connectivity index (χ0n) is 18.2. The highest BCUT2D eigenvalue weighted by Crippen LogP contribution is 2.40. The van der Waals surface area contributed by atoms with Gasteiger partial charge in [0.05, 0.1) is 17.8 Å². The third kappa shape index (κ3) is 3.79. The Morgan fingerprint density at radius 2 is 1.93 bits per heavy atom. The van der Waals surface area contributed by atoms with Crippen molar-refractivity contribution in [1.82, 2.24) is 15.1 Å². The second-order valence-corrected chi connectivity index (χ2v) is 9.71. The minimum absolute atomic E-state index is 0.000310. The highest BCUT2D eigenvalue weighted by molar-refractivity contribution is 5.99. The van der Waals surface area contributed by atoms with Crippen molar-refractivity contribution < 1.29 is 4.79 Å². The normalized spacial score (nSPS) is 28.3. The van der Waals surface area contributed by atoms with E-state index in [1.807, 2.05) is 10.7 Å². The van der Waals surface area contributed by atoms with E-state index in [0.717, 1.165) is 37.4 Å². The van der Waals surface area contributed by atoms with Crippen LogP contribution in [0, 0.1) is 5.92 Å². The van der Waals surface area contributed by atoms with Crippen LogP contribution in [0.4, 0.5) is 5.82 Å². The molecule has 2 aromatic rings. The average Bonchev–Trinajstić information content (AvgIpc) is 3.15. The van der Waals surface area contributed by atoms with E-state index in [1.165, 1.54) is 18.4 Å².